The fraction of sp³-hybridized carbons (Fsp3) is 0.400. The lowest BCUT2D eigenvalue weighted by molar-refractivity contribution is 0.461. The largest absolute Gasteiger partial charge is 0.314 e. The van der Waals surface area contributed by atoms with Gasteiger partial charge in [-0.05, 0) is 36.5 Å². The fourth-order valence-electron chi connectivity index (χ4n) is 2.17. The smallest absolute Gasteiger partial charge is 0.0682 e. The molecule has 0 radical (unpaired) electrons. The van der Waals surface area contributed by atoms with Gasteiger partial charge in [0.15, 0.2) is 0 Å². The van der Waals surface area contributed by atoms with Gasteiger partial charge in [0.2, 0.25) is 0 Å². The minimum absolute atomic E-state index is 0.223. The molecular weight excluding hydrogens is 180 g/mol. The Morgan fingerprint density at radius 3 is 3.08 bits per heavy atom. The Hall–Kier alpha value is -0.510. The third-order valence-electron chi connectivity index (χ3n) is 2.91. The van der Waals surface area contributed by atoms with E-state index in [0.717, 1.165) is 13.1 Å². The summed E-state index contributed by atoms with van der Waals surface area (Å²) < 4.78 is 3.55. The molecule has 1 aromatic rings. The van der Waals surface area contributed by atoms with Crippen LogP contribution in [0.2, 0.25) is 0 Å². The van der Waals surface area contributed by atoms with Crippen molar-refractivity contribution < 1.29 is 0 Å². The molecule has 2 aliphatic rings. The van der Waals surface area contributed by atoms with Crippen molar-refractivity contribution in [1.29, 1.82) is 0 Å². The van der Waals surface area contributed by atoms with Gasteiger partial charge in [0.1, 0.15) is 0 Å². The molecule has 1 saturated heterocycles. The van der Waals surface area contributed by atoms with E-state index in [0.29, 0.717) is 0 Å². The maximum Gasteiger partial charge on any atom is 0.0682 e. The first-order valence-electron chi connectivity index (χ1n) is 4.65. The molecule has 2 N–H and O–H groups in total. The van der Waals surface area contributed by atoms with E-state index in [4.69, 9.17) is 0 Å². The van der Waals surface area contributed by atoms with Crippen LogP contribution in [0.5, 0.6) is 0 Å². The van der Waals surface area contributed by atoms with Crippen LogP contribution in [0.1, 0.15) is 12.0 Å². The summed E-state index contributed by atoms with van der Waals surface area (Å²) in [6.45, 7) is 2.19. The first kappa shape index (κ1) is 7.85. The van der Waals surface area contributed by atoms with E-state index in [1.54, 1.807) is 11.9 Å². The molecule has 2 heterocycles. The highest BCUT2D eigenvalue weighted by Gasteiger charge is 2.41. The van der Waals surface area contributed by atoms with Gasteiger partial charge in [-0.2, -0.15) is 0 Å². The quantitative estimate of drug-likeness (QED) is 0.609. The molecule has 0 saturated carbocycles. The molecule has 1 spiro atoms. The van der Waals surface area contributed by atoms with Crippen molar-refractivity contribution in [2.24, 2.45) is 0 Å². The average Bonchev–Trinajstić information content (AvgIpc) is 2.78. The Kier molecular flexibility index (Phi) is 1.65. The molecule has 2 aliphatic heterocycles. The van der Waals surface area contributed by atoms with Gasteiger partial charge in [-0.15, -0.1) is 0 Å². The Morgan fingerprint density at radius 1 is 1.31 bits per heavy atom. The summed E-state index contributed by atoms with van der Waals surface area (Å²) in [5.74, 6) is 0. The van der Waals surface area contributed by atoms with Crippen LogP contribution < -0.4 is 10.0 Å². The minimum atomic E-state index is 0.223. The van der Waals surface area contributed by atoms with Gasteiger partial charge in [0.25, 0.3) is 0 Å². The monoisotopic (exact) mass is 192 g/mol. The van der Waals surface area contributed by atoms with E-state index < -0.39 is 0 Å². The SMILES string of the molecule is c1ccc2c(c1)SNC21CCNC1. The fourth-order valence-corrected chi connectivity index (χ4v) is 3.28. The Labute approximate surface area is 82.2 Å². The van der Waals surface area contributed by atoms with Gasteiger partial charge in [-0.3, -0.25) is 0 Å². The van der Waals surface area contributed by atoms with E-state index in [9.17, 15) is 0 Å². The predicted molar refractivity (Wildman–Crippen MR) is 54.6 cm³/mol. The molecule has 1 fully saturated rings. The summed E-state index contributed by atoms with van der Waals surface area (Å²) in [6, 6.07) is 8.68. The summed E-state index contributed by atoms with van der Waals surface area (Å²) in [4.78, 5) is 1.39. The van der Waals surface area contributed by atoms with Gasteiger partial charge < -0.3 is 5.32 Å². The summed E-state index contributed by atoms with van der Waals surface area (Å²) in [5, 5.41) is 3.42. The number of nitrogens with one attached hydrogen (secondary N) is 2. The number of hydrogen-bond acceptors (Lipinski definition) is 3. The Morgan fingerprint density at radius 2 is 2.23 bits per heavy atom. The van der Waals surface area contributed by atoms with Crippen LogP contribution in [0.25, 0.3) is 0 Å². The topological polar surface area (TPSA) is 24.1 Å². The van der Waals surface area contributed by atoms with E-state index >= 15 is 0 Å². The van der Waals surface area contributed by atoms with Crippen molar-refractivity contribution in [3.8, 4) is 0 Å². The predicted octanol–water partition coefficient (Wildman–Crippen LogP) is 1.49. The molecule has 3 heteroatoms. The van der Waals surface area contributed by atoms with Crippen LogP contribution in [0.3, 0.4) is 0 Å². The standard InChI is InChI=1S/C10H12N2S/c1-2-4-9-8(3-1)10(12-13-9)5-6-11-7-10/h1-4,11-12H,5-7H2. The molecule has 3 rings (SSSR count). The maximum atomic E-state index is 3.55. The van der Waals surface area contributed by atoms with Crippen molar-refractivity contribution in [2.45, 2.75) is 16.9 Å². The molecule has 2 nitrogen and oxygen atoms in total. The zero-order chi connectivity index (χ0) is 8.73. The summed E-state index contributed by atoms with van der Waals surface area (Å²) in [7, 11) is 0. The molecule has 1 aromatic carbocycles. The van der Waals surface area contributed by atoms with Gasteiger partial charge in [0, 0.05) is 11.4 Å². The lowest BCUT2D eigenvalue weighted by Gasteiger charge is -2.22. The second-order valence-electron chi connectivity index (χ2n) is 3.71. The summed E-state index contributed by atoms with van der Waals surface area (Å²) >= 11 is 1.77. The Balaban J connectivity index is 2.11. The van der Waals surface area contributed by atoms with Gasteiger partial charge in [-0.1, -0.05) is 18.2 Å². The highest BCUT2D eigenvalue weighted by atomic mass is 32.2. The van der Waals surface area contributed by atoms with Crippen molar-refractivity contribution in [2.75, 3.05) is 13.1 Å². The van der Waals surface area contributed by atoms with Crippen molar-refractivity contribution in [1.82, 2.24) is 10.0 Å². The van der Waals surface area contributed by atoms with Crippen molar-refractivity contribution in [3.63, 3.8) is 0 Å². The number of benzene rings is 1. The molecule has 68 valence electrons. The highest BCUT2D eigenvalue weighted by Crippen LogP contribution is 2.42. The molecule has 0 aliphatic carbocycles. The van der Waals surface area contributed by atoms with E-state index in [1.165, 1.54) is 16.9 Å². The number of hydrogen-bond donors (Lipinski definition) is 2. The van der Waals surface area contributed by atoms with Crippen LogP contribution in [0, 0.1) is 0 Å². The highest BCUT2D eigenvalue weighted by molar-refractivity contribution is 7.97. The summed E-state index contributed by atoms with van der Waals surface area (Å²) in [6.07, 6.45) is 1.21. The van der Waals surface area contributed by atoms with Gasteiger partial charge in [0.05, 0.1) is 5.54 Å². The van der Waals surface area contributed by atoms with E-state index in [1.807, 2.05) is 0 Å². The molecule has 1 atom stereocenters. The molecule has 0 bridgehead atoms. The zero-order valence-electron chi connectivity index (χ0n) is 7.34. The number of rotatable bonds is 0. The van der Waals surface area contributed by atoms with Gasteiger partial charge in [-0.25, -0.2) is 4.72 Å². The van der Waals surface area contributed by atoms with Gasteiger partial charge >= 0.3 is 0 Å². The van der Waals surface area contributed by atoms with Crippen LogP contribution >= 0.6 is 11.9 Å². The third-order valence-corrected chi connectivity index (χ3v) is 3.98. The minimum Gasteiger partial charge on any atom is -0.314 e. The number of fused-ring (bicyclic) bond motifs is 2. The molecule has 1 unspecified atom stereocenters. The first-order valence-corrected chi connectivity index (χ1v) is 5.47. The maximum absolute atomic E-state index is 3.55. The average molecular weight is 192 g/mol. The van der Waals surface area contributed by atoms with Crippen LogP contribution in [-0.4, -0.2) is 13.1 Å². The molecule has 0 aromatic heterocycles. The lowest BCUT2D eigenvalue weighted by Crippen LogP contribution is -2.36. The van der Waals surface area contributed by atoms with Crippen molar-refractivity contribution in [3.05, 3.63) is 29.8 Å². The first-order chi connectivity index (χ1) is 6.41. The van der Waals surface area contributed by atoms with Crippen LogP contribution in [-0.2, 0) is 5.54 Å². The lowest BCUT2D eigenvalue weighted by atomic mass is 9.90. The van der Waals surface area contributed by atoms with Crippen molar-refractivity contribution >= 4 is 11.9 Å². The third kappa shape index (κ3) is 1.04. The summed E-state index contributed by atoms with van der Waals surface area (Å²) in [5.41, 5.74) is 1.70. The molecule has 13 heavy (non-hydrogen) atoms. The molecule has 0 amide bonds. The van der Waals surface area contributed by atoms with E-state index in [2.05, 4.69) is 34.3 Å². The second-order valence-corrected chi connectivity index (χ2v) is 4.56. The zero-order valence-corrected chi connectivity index (χ0v) is 8.16. The van der Waals surface area contributed by atoms with Crippen LogP contribution in [0.4, 0.5) is 0 Å². The molecular formula is C10H12N2S. The second kappa shape index (κ2) is 2.74. The van der Waals surface area contributed by atoms with E-state index in [-0.39, 0.29) is 5.54 Å². The Bertz CT molecular complexity index is 331. The van der Waals surface area contributed by atoms with Crippen LogP contribution in [0.15, 0.2) is 29.2 Å². The normalized spacial score (nSPS) is 31.1.